The fourth-order valence-corrected chi connectivity index (χ4v) is 2.01. The SMILES string of the molecule is NCCc1ccc(NC(=O)NCc2ccc(Cl)cc2)cc1. The summed E-state index contributed by atoms with van der Waals surface area (Å²) < 4.78 is 0. The number of rotatable bonds is 5. The van der Waals surface area contributed by atoms with Crippen molar-refractivity contribution in [2.75, 3.05) is 11.9 Å². The molecule has 0 saturated heterocycles. The fraction of sp³-hybridized carbons (Fsp3) is 0.188. The van der Waals surface area contributed by atoms with E-state index in [1.165, 1.54) is 0 Å². The van der Waals surface area contributed by atoms with Gasteiger partial charge >= 0.3 is 6.03 Å². The second kappa shape index (κ2) is 7.67. The maximum atomic E-state index is 11.8. The van der Waals surface area contributed by atoms with Gasteiger partial charge in [-0.05, 0) is 48.4 Å². The fourth-order valence-electron chi connectivity index (χ4n) is 1.88. The number of nitrogens with two attached hydrogens (primary N) is 1. The van der Waals surface area contributed by atoms with Gasteiger partial charge in [-0.3, -0.25) is 0 Å². The highest BCUT2D eigenvalue weighted by Crippen LogP contribution is 2.11. The molecule has 0 radical (unpaired) electrons. The van der Waals surface area contributed by atoms with Crippen LogP contribution in [-0.2, 0) is 13.0 Å². The minimum atomic E-state index is -0.239. The van der Waals surface area contributed by atoms with Gasteiger partial charge in [0.1, 0.15) is 0 Å². The van der Waals surface area contributed by atoms with Gasteiger partial charge in [-0.25, -0.2) is 4.79 Å². The van der Waals surface area contributed by atoms with Crippen molar-refractivity contribution in [2.24, 2.45) is 5.73 Å². The lowest BCUT2D eigenvalue weighted by atomic mass is 10.1. The highest BCUT2D eigenvalue weighted by Gasteiger charge is 2.02. The Morgan fingerprint density at radius 2 is 1.62 bits per heavy atom. The lowest BCUT2D eigenvalue weighted by Crippen LogP contribution is -2.28. The van der Waals surface area contributed by atoms with E-state index in [0.29, 0.717) is 18.1 Å². The molecule has 5 heteroatoms. The summed E-state index contributed by atoms with van der Waals surface area (Å²) in [5.41, 5.74) is 8.40. The van der Waals surface area contributed by atoms with E-state index in [0.717, 1.165) is 23.2 Å². The highest BCUT2D eigenvalue weighted by molar-refractivity contribution is 6.30. The topological polar surface area (TPSA) is 67.1 Å². The summed E-state index contributed by atoms with van der Waals surface area (Å²) in [7, 11) is 0. The van der Waals surface area contributed by atoms with Crippen molar-refractivity contribution in [2.45, 2.75) is 13.0 Å². The van der Waals surface area contributed by atoms with Gasteiger partial charge < -0.3 is 16.4 Å². The zero-order valence-electron chi connectivity index (χ0n) is 11.6. The second-order valence-corrected chi connectivity index (χ2v) is 5.11. The van der Waals surface area contributed by atoms with Crippen molar-refractivity contribution in [3.05, 3.63) is 64.7 Å². The van der Waals surface area contributed by atoms with Crippen molar-refractivity contribution < 1.29 is 4.79 Å². The van der Waals surface area contributed by atoms with Crippen LogP contribution in [-0.4, -0.2) is 12.6 Å². The molecule has 0 unspecified atom stereocenters. The Morgan fingerprint density at radius 1 is 1.00 bits per heavy atom. The Labute approximate surface area is 129 Å². The molecule has 0 fully saturated rings. The van der Waals surface area contributed by atoms with Crippen molar-refractivity contribution in [1.82, 2.24) is 5.32 Å². The van der Waals surface area contributed by atoms with Crippen LogP contribution < -0.4 is 16.4 Å². The summed E-state index contributed by atoms with van der Waals surface area (Å²) >= 11 is 5.81. The van der Waals surface area contributed by atoms with Crippen LogP contribution in [0.25, 0.3) is 0 Å². The Hall–Kier alpha value is -2.04. The number of amides is 2. The van der Waals surface area contributed by atoms with Crippen LogP contribution in [0.1, 0.15) is 11.1 Å². The molecule has 0 saturated carbocycles. The van der Waals surface area contributed by atoms with E-state index in [9.17, 15) is 4.79 Å². The van der Waals surface area contributed by atoms with E-state index in [1.54, 1.807) is 12.1 Å². The molecule has 0 aliphatic carbocycles. The quantitative estimate of drug-likeness (QED) is 0.794. The predicted molar refractivity (Wildman–Crippen MR) is 86.5 cm³/mol. The zero-order chi connectivity index (χ0) is 15.1. The molecule has 110 valence electrons. The average Bonchev–Trinajstić information content (AvgIpc) is 2.49. The van der Waals surface area contributed by atoms with Gasteiger partial charge in [-0.15, -0.1) is 0 Å². The normalized spacial score (nSPS) is 10.2. The molecule has 4 N–H and O–H groups in total. The number of urea groups is 1. The van der Waals surface area contributed by atoms with Gasteiger partial charge in [0.15, 0.2) is 0 Å². The van der Waals surface area contributed by atoms with Gasteiger partial charge in [0, 0.05) is 17.3 Å². The number of nitrogens with one attached hydrogen (secondary N) is 2. The average molecular weight is 304 g/mol. The third-order valence-corrected chi connectivity index (χ3v) is 3.26. The standard InChI is InChI=1S/C16H18ClN3O/c17-14-5-1-13(2-6-14)11-19-16(21)20-15-7-3-12(4-8-15)9-10-18/h1-8H,9-11,18H2,(H2,19,20,21). The maximum Gasteiger partial charge on any atom is 0.319 e. The van der Waals surface area contributed by atoms with Crippen LogP contribution in [0.15, 0.2) is 48.5 Å². The third kappa shape index (κ3) is 5.10. The molecule has 0 heterocycles. The molecule has 21 heavy (non-hydrogen) atoms. The highest BCUT2D eigenvalue weighted by atomic mass is 35.5. The van der Waals surface area contributed by atoms with Gasteiger partial charge in [-0.2, -0.15) is 0 Å². The predicted octanol–water partition coefficient (Wildman–Crippen LogP) is 3.16. The number of hydrogen-bond acceptors (Lipinski definition) is 2. The van der Waals surface area contributed by atoms with E-state index < -0.39 is 0 Å². The second-order valence-electron chi connectivity index (χ2n) is 4.67. The summed E-state index contributed by atoms with van der Waals surface area (Å²) in [6.07, 6.45) is 0.836. The van der Waals surface area contributed by atoms with Crippen molar-refractivity contribution >= 4 is 23.3 Å². The summed E-state index contributed by atoms with van der Waals surface area (Å²) in [4.78, 5) is 11.8. The lowest BCUT2D eigenvalue weighted by molar-refractivity contribution is 0.251. The first-order valence-corrected chi connectivity index (χ1v) is 7.13. The Balaban J connectivity index is 1.82. The van der Waals surface area contributed by atoms with Gasteiger partial charge in [0.25, 0.3) is 0 Å². The molecule has 0 aromatic heterocycles. The maximum absolute atomic E-state index is 11.8. The Kier molecular flexibility index (Phi) is 5.60. The van der Waals surface area contributed by atoms with E-state index in [1.807, 2.05) is 36.4 Å². The lowest BCUT2D eigenvalue weighted by Gasteiger charge is -2.08. The van der Waals surface area contributed by atoms with Crippen LogP contribution in [0.4, 0.5) is 10.5 Å². The van der Waals surface area contributed by atoms with Gasteiger partial charge in [-0.1, -0.05) is 35.9 Å². The molecular weight excluding hydrogens is 286 g/mol. The van der Waals surface area contributed by atoms with Crippen molar-refractivity contribution in [1.29, 1.82) is 0 Å². The van der Waals surface area contributed by atoms with E-state index in [-0.39, 0.29) is 6.03 Å². The number of hydrogen-bond donors (Lipinski definition) is 3. The smallest absolute Gasteiger partial charge is 0.319 e. The molecule has 2 amide bonds. The Bertz CT molecular complexity index is 581. The minimum absolute atomic E-state index is 0.239. The van der Waals surface area contributed by atoms with E-state index in [4.69, 9.17) is 17.3 Å². The molecular formula is C16H18ClN3O. The van der Waals surface area contributed by atoms with Crippen molar-refractivity contribution in [3.63, 3.8) is 0 Å². The number of carbonyl (C=O) groups is 1. The van der Waals surface area contributed by atoms with Gasteiger partial charge in [0.2, 0.25) is 0 Å². The van der Waals surface area contributed by atoms with E-state index in [2.05, 4.69) is 10.6 Å². The summed E-state index contributed by atoms with van der Waals surface area (Å²) in [5.74, 6) is 0. The van der Waals surface area contributed by atoms with E-state index >= 15 is 0 Å². The molecule has 0 spiro atoms. The zero-order valence-corrected chi connectivity index (χ0v) is 12.4. The molecule has 0 bridgehead atoms. The van der Waals surface area contributed by atoms with Crippen LogP contribution in [0.5, 0.6) is 0 Å². The molecule has 0 aliphatic heterocycles. The molecule has 2 rings (SSSR count). The van der Waals surface area contributed by atoms with Crippen LogP contribution in [0.2, 0.25) is 5.02 Å². The summed E-state index contributed by atoms with van der Waals surface area (Å²) in [6.45, 7) is 1.07. The van der Waals surface area contributed by atoms with Crippen LogP contribution in [0.3, 0.4) is 0 Å². The molecule has 0 atom stereocenters. The first-order chi connectivity index (χ1) is 10.2. The first-order valence-electron chi connectivity index (χ1n) is 6.75. The number of halogens is 1. The largest absolute Gasteiger partial charge is 0.334 e. The molecule has 0 aliphatic rings. The summed E-state index contributed by atoms with van der Waals surface area (Å²) in [6, 6.07) is 14.8. The third-order valence-electron chi connectivity index (χ3n) is 3.01. The number of benzene rings is 2. The van der Waals surface area contributed by atoms with Crippen LogP contribution >= 0.6 is 11.6 Å². The number of carbonyl (C=O) groups excluding carboxylic acids is 1. The first kappa shape index (κ1) is 15.4. The van der Waals surface area contributed by atoms with Crippen LogP contribution in [0, 0.1) is 0 Å². The molecule has 2 aromatic carbocycles. The minimum Gasteiger partial charge on any atom is -0.334 e. The monoisotopic (exact) mass is 303 g/mol. The van der Waals surface area contributed by atoms with Gasteiger partial charge in [0.05, 0.1) is 0 Å². The number of anilines is 1. The molecule has 2 aromatic rings. The van der Waals surface area contributed by atoms with Crippen molar-refractivity contribution in [3.8, 4) is 0 Å². The summed E-state index contributed by atoms with van der Waals surface area (Å²) in [5, 5.41) is 6.26. The Morgan fingerprint density at radius 3 is 2.24 bits per heavy atom. The molecule has 4 nitrogen and oxygen atoms in total.